The number of hydrogen-bond acceptors (Lipinski definition) is 3. The fourth-order valence-corrected chi connectivity index (χ4v) is 2.26. The lowest BCUT2D eigenvalue weighted by molar-refractivity contribution is 1.01. The Hall–Kier alpha value is -2.82. The van der Waals surface area contributed by atoms with Gasteiger partial charge in [0.2, 0.25) is 5.95 Å². The van der Waals surface area contributed by atoms with E-state index in [4.69, 9.17) is 0 Å². The molecule has 5 nitrogen and oxygen atoms in total. The largest absolute Gasteiger partial charge is 0.325 e. The van der Waals surface area contributed by atoms with Gasteiger partial charge in [-0.15, -0.1) is 0 Å². The Morgan fingerprint density at radius 1 is 1.00 bits per heavy atom. The molecule has 0 fully saturated rings. The van der Waals surface area contributed by atoms with Crippen LogP contribution in [0.5, 0.6) is 0 Å². The van der Waals surface area contributed by atoms with Crippen molar-refractivity contribution < 1.29 is 0 Å². The molecule has 0 spiro atoms. The number of para-hydroxylation sites is 2. The first-order valence-electron chi connectivity index (χ1n) is 6.46. The summed E-state index contributed by atoms with van der Waals surface area (Å²) in [6.45, 7) is 2.07. The van der Waals surface area contributed by atoms with Gasteiger partial charge in [0.25, 0.3) is 5.78 Å². The van der Waals surface area contributed by atoms with E-state index in [0.29, 0.717) is 11.7 Å². The van der Waals surface area contributed by atoms with Crippen molar-refractivity contribution in [2.24, 2.45) is 0 Å². The second kappa shape index (κ2) is 4.09. The third-order valence-corrected chi connectivity index (χ3v) is 3.29. The van der Waals surface area contributed by atoms with Crippen LogP contribution in [-0.2, 0) is 0 Å². The molecule has 0 radical (unpaired) electrons. The van der Waals surface area contributed by atoms with Crippen LogP contribution in [0.2, 0.25) is 0 Å². The van der Waals surface area contributed by atoms with Gasteiger partial charge in [0.15, 0.2) is 0 Å². The standard InChI is InChI=1S/C15H13N5/c1-10-6-8-11(9-7-10)16-14-18-15-17-12-4-2-3-5-13(12)20(15)19-14/h2-9H,1H3,(H2,16,17,18,19). The number of aromatic nitrogens is 4. The highest BCUT2D eigenvalue weighted by molar-refractivity contribution is 5.79. The highest BCUT2D eigenvalue weighted by Gasteiger charge is 2.08. The van der Waals surface area contributed by atoms with Gasteiger partial charge < -0.3 is 5.32 Å². The summed E-state index contributed by atoms with van der Waals surface area (Å²) in [7, 11) is 0. The van der Waals surface area contributed by atoms with Crippen molar-refractivity contribution >= 4 is 28.4 Å². The Morgan fingerprint density at radius 2 is 1.80 bits per heavy atom. The van der Waals surface area contributed by atoms with Crippen molar-refractivity contribution in [2.75, 3.05) is 5.32 Å². The summed E-state index contributed by atoms with van der Waals surface area (Å²) >= 11 is 0. The third-order valence-electron chi connectivity index (χ3n) is 3.29. The van der Waals surface area contributed by atoms with Gasteiger partial charge >= 0.3 is 0 Å². The molecule has 0 saturated heterocycles. The first kappa shape index (κ1) is 11.0. The molecule has 2 N–H and O–H groups in total. The molecule has 0 aliphatic heterocycles. The first-order valence-corrected chi connectivity index (χ1v) is 6.46. The molecule has 0 unspecified atom stereocenters. The van der Waals surface area contributed by atoms with Crippen LogP contribution in [0.3, 0.4) is 0 Å². The molecule has 0 aliphatic rings. The normalized spacial score (nSPS) is 11.2. The molecular formula is C15H13N5. The number of nitrogens with one attached hydrogen (secondary N) is 2. The SMILES string of the molecule is Cc1ccc(Nc2nc3nc4ccccc4n3[nH]2)cc1. The van der Waals surface area contributed by atoms with E-state index in [-0.39, 0.29) is 0 Å². The van der Waals surface area contributed by atoms with E-state index >= 15 is 0 Å². The fraction of sp³-hybridized carbons (Fsp3) is 0.0667. The predicted octanol–water partition coefficient (Wildman–Crippen LogP) is 3.26. The molecular weight excluding hydrogens is 250 g/mol. The minimum Gasteiger partial charge on any atom is -0.325 e. The van der Waals surface area contributed by atoms with E-state index in [2.05, 4.69) is 39.4 Å². The van der Waals surface area contributed by atoms with Crippen molar-refractivity contribution in [3.05, 3.63) is 54.1 Å². The van der Waals surface area contributed by atoms with Crippen LogP contribution < -0.4 is 5.32 Å². The van der Waals surface area contributed by atoms with Crippen molar-refractivity contribution in [3.8, 4) is 0 Å². The summed E-state index contributed by atoms with van der Waals surface area (Å²) in [5.41, 5.74) is 4.19. The zero-order valence-corrected chi connectivity index (χ0v) is 11.0. The lowest BCUT2D eigenvalue weighted by Crippen LogP contribution is -1.93. The molecule has 2 heterocycles. The van der Waals surface area contributed by atoms with E-state index in [1.165, 1.54) is 5.56 Å². The van der Waals surface area contributed by atoms with Gasteiger partial charge in [0.1, 0.15) is 0 Å². The average molecular weight is 263 g/mol. The van der Waals surface area contributed by atoms with Crippen molar-refractivity contribution in [3.63, 3.8) is 0 Å². The molecule has 2 aromatic carbocycles. The van der Waals surface area contributed by atoms with Crippen LogP contribution in [0.25, 0.3) is 16.8 Å². The first-order chi connectivity index (χ1) is 9.79. The number of nitrogens with zero attached hydrogens (tertiary/aromatic N) is 3. The summed E-state index contributed by atoms with van der Waals surface area (Å²) in [5.74, 6) is 1.35. The van der Waals surface area contributed by atoms with Gasteiger partial charge in [-0.3, -0.25) is 5.10 Å². The molecule has 2 aromatic heterocycles. The highest BCUT2D eigenvalue weighted by Crippen LogP contribution is 2.18. The Bertz CT molecular complexity index is 886. The number of rotatable bonds is 2. The topological polar surface area (TPSA) is 58.0 Å². The number of H-pyrrole nitrogens is 1. The van der Waals surface area contributed by atoms with E-state index in [9.17, 15) is 0 Å². The molecule has 0 amide bonds. The molecule has 0 atom stereocenters. The lowest BCUT2D eigenvalue weighted by atomic mass is 10.2. The molecule has 5 heteroatoms. The van der Waals surface area contributed by atoms with E-state index < -0.39 is 0 Å². The van der Waals surface area contributed by atoms with Gasteiger partial charge in [-0.05, 0) is 31.2 Å². The molecule has 4 rings (SSSR count). The van der Waals surface area contributed by atoms with Gasteiger partial charge in [-0.1, -0.05) is 29.8 Å². The Morgan fingerprint density at radius 3 is 2.65 bits per heavy atom. The second-order valence-corrected chi connectivity index (χ2v) is 4.80. The van der Waals surface area contributed by atoms with Crippen LogP contribution in [0, 0.1) is 6.92 Å². The predicted molar refractivity (Wildman–Crippen MR) is 79.3 cm³/mol. The van der Waals surface area contributed by atoms with E-state index in [1.807, 2.05) is 40.9 Å². The number of fused-ring (bicyclic) bond motifs is 3. The summed E-state index contributed by atoms with van der Waals surface area (Å²) in [6.07, 6.45) is 0. The van der Waals surface area contributed by atoms with Gasteiger partial charge in [-0.25, -0.2) is 9.50 Å². The van der Waals surface area contributed by atoms with Crippen LogP contribution in [0.15, 0.2) is 48.5 Å². The fourth-order valence-electron chi connectivity index (χ4n) is 2.26. The average Bonchev–Trinajstić information content (AvgIpc) is 2.98. The van der Waals surface area contributed by atoms with Crippen LogP contribution in [0.4, 0.5) is 11.6 Å². The number of aromatic amines is 1. The molecule has 0 saturated carbocycles. The molecule has 20 heavy (non-hydrogen) atoms. The van der Waals surface area contributed by atoms with Crippen LogP contribution in [0.1, 0.15) is 5.56 Å². The smallest absolute Gasteiger partial charge is 0.253 e. The minimum absolute atomic E-state index is 0.667. The molecule has 0 bridgehead atoms. The maximum absolute atomic E-state index is 4.47. The maximum atomic E-state index is 4.47. The second-order valence-electron chi connectivity index (χ2n) is 4.80. The zero-order valence-electron chi connectivity index (χ0n) is 11.0. The molecule has 98 valence electrons. The highest BCUT2D eigenvalue weighted by atomic mass is 15.4. The van der Waals surface area contributed by atoms with Crippen LogP contribution >= 0.6 is 0 Å². The summed E-state index contributed by atoms with van der Waals surface area (Å²) in [6, 6.07) is 16.1. The molecule has 0 aliphatic carbocycles. The van der Waals surface area contributed by atoms with Crippen molar-refractivity contribution in [1.82, 2.24) is 19.6 Å². The van der Waals surface area contributed by atoms with Gasteiger partial charge in [0, 0.05) is 5.69 Å². The maximum Gasteiger partial charge on any atom is 0.253 e. The van der Waals surface area contributed by atoms with E-state index in [1.54, 1.807) is 0 Å². The number of imidazole rings is 1. The van der Waals surface area contributed by atoms with Gasteiger partial charge in [0.05, 0.1) is 11.0 Å². The number of anilines is 2. The Kier molecular flexibility index (Phi) is 2.26. The summed E-state index contributed by atoms with van der Waals surface area (Å²) in [4.78, 5) is 8.93. The quantitative estimate of drug-likeness (QED) is 0.583. The van der Waals surface area contributed by atoms with Crippen LogP contribution in [-0.4, -0.2) is 19.6 Å². The molecule has 4 aromatic rings. The van der Waals surface area contributed by atoms with Crippen molar-refractivity contribution in [1.29, 1.82) is 0 Å². The van der Waals surface area contributed by atoms with Crippen molar-refractivity contribution in [2.45, 2.75) is 6.92 Å². The Labute approximate surface area is 115 Å². The minimum atomic E-state index is 0.667. The van der Waals surface area contributed by atoms with Gasteiger partial charge in [-0.2, -0.15) is 4.98 Å². The summed E-state index contributed by atoms with van der Waals surface area (Å²) < 4.78 is 1.88. The monoisotopic (exact) mass is 263 g/mol. The number of hydrogen-bond donors (Lipinski definition) is 2. The van der Waals surface area contributed by atoms with E-state index in [0.717, 1.165) is 16.7 Å². The Balaban J connectivity index is 1.75. The number of benzene rings is 2. The number of aryl methyl sites for hydroxylation is 1. The lowest BCUT2D eigenvalue weighted by Gasteiger charge is -2.02. The summed E-state index contributed by atoms with van der Waals surface area (Å²) in [5, 5.41) is 6.46. The zero-order chi connectivity index (χ0) is 13.5. The third kappa shape index (κ3) is 1.72.